The van der Waals surface area contributed by atoms with Crippen LogP contribution in [0.25, 0.3) is 11.1 Å². The molecule has 1 amide bonds. The van der Waals surface area contributed by atoms with Gasteiger partial charge in [-0.25, -0.2) is 9.97 Å². The monoisotopic (exact) mass is 446 g/mol. The molecule has 1 aliphatic rings. The van der Waals surface area contributed by atoms with Crippen molar-refractivity contribution in [3.05, 3.63) is 66.0 Å². The summed E-state index contributed by atoms with van der Waals surface area (Å²) >= 11 is 0. The Balaban J connectivity index is 1.68. The highest BCUT2D eigenvalue weighted by Crippen LogP contribution is 2.35. The van der Waals surface area contributed by atoms with Gasteiger partial charge in [-0.15, -0.1) is 0 Å². The first-order valence-corrected chi connectivity index (χ1v) is 11.1. The van der Waals surface area contributed by atoms with Crippen LogP contribution in [0.2, 0.25) is 0 Å². The second kappa shape index (κ2) is 9.90. The lowest BCUT2D eigenvalue weighted by Gasteiger charge is -2.33. The number of amides is 1. The number of anilines is 1. The maximum Gasteiger partial charge on any atom is 0.254 e. The molecule has 3 aromatic rings. The van der Waals surface area contributed by atoms with E-state index in [1.165, 1.54) is 0 Å². The highest BCUT2D eigenvalue weighted by atomic mass is 16.5. The fourth-order valence-electron chi connectivity index (χ4n) is 4.25. The van der Waals surface area contributed by atoms with Crippen molar-refractivity contribution in [1.29, 1.82) is 0 Å². The zero-order valence-electron chi connectivity index (χ0n) is 19.6. The molecule has 7 heteroatoms. The van der Waals surface area contributed by atoms with Gasteiger partial charge in [-0.2, -0.15) is 0 Å². The van der Waals surface area contributed by atoms with E-state index in [-0.39, 0.29) is 11.8 Å². The summed E-state index contributed by atoms with van der Waals surface area (Å²) in [4.78, 5) is 26.6. The molecule has 1 atom stereocenters. The Morgan fingerprint density at radius 2 is 1.79 bits per heavy atom. The smallest absolute Gasteiger partial charge is 0.254 e. The fourth-order valence-corrected chi connectivity index (χ4v) is 4.25. The molecule has 7 nitrogen and oxygen atoms in total. The van der Waals surface area contributed by atoms with Crippen LogP contribution in [0.15, 0.2) is 54.7 Å². The third-order valence-electron chi connectivity index (χ3n) is 6.00. The normalized spacial score (nSPS) is 15.8. The molecule has 0 N–H and O–H groups in total. The van der Waals surface area contributed by atoms with Gasteiger partial charge in [-0.3, -0.25) is 4.79 Å². The van der Waals surface area contributed by atoms with Crippen LogP contribution >= 0.6 is 0 Å². The minimum Gasteiger partial charge on any atom is -0.497 e. The van der Waals surface area contributed by atoms with Gasteiger partial charge in [0.25, 0.3) is 5.91 Å². The predicted octanol–water partition coefficient (Wildman–Crippen LogP) is 4.25. The van der Waals surface area contributed by atoms with Crippen molar-refractivity contribution in [3.8, 4) is 22.6 Å². The number of aromatic nitrogens is 2. The van der Waals surface area contributed by atoms with Gasteiger partial charge < -0.3 is 19.3 Å². The maximum atomic E-state index is 13.3. The third-order valence-corrected chi connectivity index (χ3v) is 6.00. The van der Waals surface area contributed by atoms with Gasteiger partial charge in [0.05, 0.1) is 19.9 Å². The summed E-state index contributed by atoms with van der Waals surface area (Å²) in [7, 11) is 7.14. The van der Waals surface area contributed by atoms with E-state index in [4.69, 9.17) is 14.5 Å². The van der Waals surface area contributed by atoms with E-state index < -0.39 is 0 Å². The molecule has 0 radical (unpaired) electrons. The van der Waals surface area contributed by atoms with Gasteiger partial charge in [-0.1, -0.05) is 18.2 Å². The first kappa shape index (κ1) is 22.6. The molecule has 2 aromatic carbocycles. The number of piperidine rings is 1. The minimum absolute atomic E-state index is 0.0171. The van der Waals surface area contributed by atoms with Crippen LogP contribution < -0.4 is 14.4 Å². The first-order chi connectivity index (χ1) is 16.0. The molecule has 0 aliphatic carbocycles. The van der Waals surface area contributed by atoms with Crippen molar-refractivity contribution in [2.75, 3.05) is 46.3 Å². The third kappa shape index (κ3) is 4.92. The van der Waals surface area contributed by atoms with Crippen molar-refractivity contribution >= 4 is 11.9 Å². The van der Waals surface area contributed by atoms with E-state index in [1.54, 1.807) is 20.3 Å². The number of hydrogen-bond donors (Lipinski definition) is 0. The molecule has 1 fully saturated rings. The Labute approximate surface area is 195 Å². The molecule has 33 heavy (non-hydrogen) atoms. The number of methoxy groups -OCH3 is 2. The molecule has 2 heterocycles. The van der Waals surface area contributed by atoms with E-state index in [0.717, 1.165) is 42.0 Å². The minimum atomic E-state index is 0.0171. The molecule has 1 unspecified atom stereocenters. The average Bonchev–Trinajstić information content (AvgIpc) is 2.88. The molecule has 0 bridgehead atoms. The number of likely N-dealkylation sites (tertiary alicyclic amines) is 1. The fraction of sp³-hybridized carbons (Fsp3) is 0.346. The molecular weight excluding hydrogens is 416 g/mol. The topological polar surface area (TPSA) is 67.8 Å². The Morgan fingerprint density at radius 1 is 1.06 bits per heavy atom. The van der Waals surface area contributed by atoms with Crippen LogP contribution in [0, 0.1) is 0 Å². The summed E-state index contributed by atoms with van der Waals surface area (Å²) < 4.78 is 10.7. The quantitative estimate of drug-likeness (QED) is 0.564. The van der Waals surface area contributed by atoms with Crippen molar-refractivity contribution in [2.24, 2.45) is 0 Å². The lowest BCUT2D eigenvalue weighted by molar-refractivity contribution is 0.0705. The highest BCUT2D eigenvalue weighted by molar-refractivity contribution is 5.94. The van der Waals surface area contributed by atoms with Gasteiger partial charge in [0.15, 0.2) is 0 Å². The second-order valence-electron chi connectivity index (χ2n) is 8.42. The maximum absolute atomic E-state index is 13.3. The van der Waals surface area contributed by atoms with E-state index >= 15 is 0 Å². The number of benzene rings is 2. The molecule has 172 valence electrons. The summed E-state index contributed by atoms with van der Waals surface area (Å²) in [6.45, 7) is 1.34. The Hall–Kier alpha value is -3.61. The standard InChI is InChI=1S/C26H30N4O3/c1-29(2)26-27-16-23(18-8-5-11-21(14-18)32-3)24(28-26)20-10-7-13-30(17-20)25(31)19-9-6-12-22(15-19)33-4/h5-6,8-9,11-12,14-16,20H,7,10,13,17H2,1-4H3. The van der Waals surface area contributed by atoms with Crippen LogP contribution in [0.5, 0.6) is 11.5 Å². The van der Waals surface area contributed by atoms with Crippen molar-refractivity contribution in [3.63, 3.8) is 0 Å². The van der Waals surface area contributed by atoms with Gasteiger partial charge in [0.1, 0.15) is 11.5 Å². The molecule has 1 saturated heterocycles. The molecule has 0 spiro atoms. The van der Waals surface area contributed by atoms with Gasteiger partial charge in [-0.05, 0) is 48.7 Å². The number of carbonyl (C=O) groups is 1. The van der Waals surface area contributed by atoms with E-state index in [2.05, 4.69) is 4.98 Å². The predicted molar refractivity (Wildman–Crippen MR) is 129 cm³/mol. The van der Waals surface area contributed by atoms with Crippen molar-refractivity contribution in [1.82, 2.24) is 14.9 Å². The number of carbonyl (C=O) groups excluding carboxylic acids is 1. The average molecular weight is 447 g/mol. The summed E-state index contributed by atoms with van der Waals surface area (Å²) in [6, 6.07) is 15.3. The summed E-state index contributed by atoms with van der Waals surface area (Å²) in [5.74, 6) is 2.25. The summed E-state index contributed by atoms with van der Waals surface area (Å²) in [5, 5.41) is 0. The summed E-state index contributed by atoms with van der Waals surface area (Å²) in [5.41, 5.74) is 3.58. The van der Waals surface area contributed by atoms with Gasteiger partial charge >= 0.3 is 0 Å². The van der Waals surface area contributed by atoms with E-state index in [9.17, 15) is 4.79 Å². The zero-order valence-corrected chi connectivity index (χ0v) is 19.6. The Morgan fingerprint density at radius 3 is 2.52 bits per heavy atom. The van der Waals surface area contributed by atoms with Gasteiger partial charge in [0.2, 0.25) is 5.95 Å². The van der Waals surface area contributed by atoms with Crippen LogP contribution in [-0.4, -0.2) is 62.2 Å². The van der Waals surface area contributed by atoms with Crippen molar-refractivity contribution < 1.29 is 14.3 Å². The molecular formula is C26H30N4O3. The second-order valence-corrected chi connectivity index (χ2v) is 8.42. The van der Waals surface area contributed by atoms with Crippen LogP contribution in [0.3, 0.4) is 0 Å². The molecule has 4 rings (SSSR count). The van der Waals surface area contributed by atoms with Crippen LogP contribution in [0.4, 0.5) is 5.95 Å². The number of hydrogen-bond acceptors (Lipinski definition) is 6. The zero-order chi connectivity index (χ0) is 23.4. The first-order valence-electron chi connectivity index (χ1n) is 11.1. The Bertz CT molecular complexity index is 1130. The summed E-state index contributed by atoms with van der Waals surface area (Å²) in [6.07, 6.45) is 3.76. The van der Waals surface area contributed by atoms with Gasteiger partial charge in [0, 0.05) is 50.4 Å². The largest absolute Gasteiger partial charge is 0.497 e. The number of nitrogens with zero attached hydrogens (tertiary/aromatic N) is 4. The molecule has 1 aliphatic heterocycles. The van der Waals surface area contributed by atoms with E-state index in [1.807, 2.05) is 72.6 Å². The SMILES string of the molecule is COc1cccc(C(=O)N2CCCC(c3nc(N(C)C)ncc3-c3cccc(OC)c3)C2)c1. The number of rotatable bonds is 6. The number of ether oxygens (including phenoxy) is 2. The molecule has 1 aromatic heterocycles. The van der Waals surface area contributed by atoms with Crippen LogP contribution in [-0.2, 0) is 0 Å². The van der Waals surface area contributed by atoms with Crippen molar-refractivity contribution in [2.45, 2.75) is 18.8 Å². The molecule has 0 saturated carbocycles. The Kier molecular flexibility index (Phi) is 6.77. The lowest BCUT2D eigenvalue weighted by atomic mass is 9.89. The van der Waals surface area contributed by atoms with E-state index in [0.29, 0.717) is 23.8 Å². The van der Waals surface area contributed by atoms with Crippen LogP contribution in [0.1, 0.15) is 34.8 Å². The highest BCUT2D eigenvalue weighted by Gasteiger charge is 2.29. The lowest BCUT2D eigenvalue weighted by Crippen LogP contribution is -2.39.